The minimum atomic E-state index is -1.00. The van der Waals surface area contributed by atoms with E-state index in [4.69, 9.17) is 14.6 Å². The SMILES string of the molecule is COc1cc(C=CC(=O)O)cc(Br)c1OCc1ccc(C)cc1. The lowest BCUT2D eigenvalue weighted by molar-refractivity contribution is -0.131. The normalized spacial score (nSPS) is 10.7. The van der Waals surface area contributed by atoms with Crippen LogP contribution < -0.4 is 9.47 Å². The maximum atomic E-state index is 10.6. The number of methoxy groups -OCH3 is 1. The summed E-state index contributed by atoms with van der Waals surface area (Å²) in [6, 6.07) is 11.6. The van der Waals surface area contributed by atoms with Crippen molar-refractivity contribution in [3.05, 3.63) is 63.6 Å². The number of rotatable bonds is 6. The van der Waals surface area contributed by atoms with Crippen molar-refractivity contribution >= 4 is 28.0 Å². The fourth-order valence-electron chi connectivity index (χ4n) is 1.98. The minimum Gasteiger partial charge on any atom is -0.493 e. The third kappa shape index (κ3) is 4.86. The Morgan fingerprint density at radius 3 is 2.57 bits per heavy atom. The molecule has 23 heavy (non-hydrogen) atoms. The lowest BCUT2D eigenvalue weighted by atomic mass is 10.1. The Labute approximate surface area is 143 Å². The van der Waals surface area contributed by atoms with Crippen LogP contribution in [0.15, 0.2) is 46.9 Å². The van der Waals surface area contributed by atoms with Crippen molar-refractivity contribution in [2.75, 3.05) is 7.11 Å². The Kier molecular flexibility index (Phi) is 5.82. The van der Waals surface area contributed by atoms with Gasteiger partial charge in [0, 0.05) is 6.08 Å². The van der Waals surface area contributed by atoms with Crippen LogP contribution in [0, 0.1) is 6.92 Å². The zero-order valence-electron chi connectivity index (χ0n) is 12.9. The van der Waals surface area contributed by atoms with Gasteiger partial charge < -0.3 is 14.6 Å². The van der Waals surface area contributed by atoms with Crippen molar-refractivity contribution in [3.8, 4) is 11.5 Å². The van der Waals surface area contributed by atoms with Gasteiger partial charge in [-0.15, -0.1) is 0 Å². The molecule has 120 valence electrons. The summed E-state index contributed by atoms with van der Waals surface area (Å²) in [6.07, 6.45) is 2.58. The van der Waals surface area contributed by atoms with Crippen molar-refractivity contribution in [1.82, 2.24) is 0 Å². The van der Waals surface area contributed by atoms with Crippen LogP contribution in [0.25, 0.3) is 6.08 Å². The first kappa shape index (κ1) is 17.1. The number of carboxylic acid groups (broad SMARTS) is 1. The molecule has 0 unspecified atom stereocenters. The van der Waals surface area contributed by atoms with E-state index in [2.05, 4.69) is 15.9 Å². The second-order valence-corrected chi connectivity index (χ2v) is 5.83. The van der Waals surface area contributed by atoms with E-state index < -0.39 is 5.97 Å². The van der Waals surface area contributed by atoms with E-state index in [1.807, 2.05) is 31.2 Å². The molecule has 4 nitrogen and oxygen atoms in total. The van der Waals surface area contributed by atoms with E-state index in [1.54, 1.807) is 19.2 Å². The number of aryl methyl sites for hydroxylation is 1. The average molecular weight is 377 g/mol. The molecule has 0 atom stereocenters. The predicted octanol–water partition coefficient (Wildman–Crippen LogP) is 4.44. The number of carbonyl (C=O) groups is 1. The molecule has 0 spiro atoms. The number of hydrogen-bond donors (Lipinski definition) is 1. The summed E-state index contributed by atoms with van der Waals surface area (Å²) in [5.41, 5.74) is 2.96. The molecule has 5 heteroatoms. The Morgan fingerprint density at radius 2 is 1.96 bits per heavy atom. The first-order valence-electron chi connectivity index (χ1n) is 6.96. The van der Waals surface area contributed by atoms with E-state index in [9.17, 15) is 4.79 Å². The quantitative estimate of drug-likeness (QED) is 0.756. The molecule has 0 heterocycles. The third-order valence-electron chi connectivity index (χ3n) is 3.17. The predicted molar refractivity (Wildman–Crippen MR) is 92.9 cm³/mol. The fourth-order valence-corrected chi connectivity index (χ4v) is 2.56. The summed E-state index contributed by atoms with van der Waals surface area (Å²) >= 11 is 3.44. The lowest BCUT2D eigenvalue weighted by Crippen LogP contribution is -1.99. The molecule has 0 radical (unpaired) electrons. The number of halogens is 1. The van der Waals surface area contributed by atoms with E-state index in [1.165, 1.54) is 11.6 Å². The standard InChI is InChI=1S/C18H17BrO4/c1-12-3-5-13(6-4-12)11-23-18-15(19)9-14(7-8-17(20)21)10-16(18)22-2/h3-10H,11H2,1-2H3,(H,20,21). The molecule has 2 aromatic rings. The Balaban J connectivity index is 2.20. The number of aliphatic carboxylic acids is 1. The summed E-state index contributed by atoms with van der Waals surface area (Å²) in [6.45, 7) is 2.45. The van der Waals surface area contributed by atoms with Crippen LogP contribution >= 0.6 is 15.9 Å². The molecule has 0 aliphatic rings. The van der Waals surface area contributed by atoms with Crippen LogP contribution in [-0.4, -0.2) is 18.2 Å². The minimum absolute atomic E-state index is 0.416. The molecule has 0 fully saturated rings. The van der Waals surface area contributed by atoms with E-state index in [-0.39, 0.29) is 0 Å². The molecule has 0 amide bonds. The Bertz CT molecular complexity index is 721. The van der Waals surface area contributed by atoms with Gasteiger partial charge in [-0.3, -0.25) is 0 Å². The molecule has 0 saturated heterocycles. The van der Waals surface area contributed by atoms with Crippen molar-refractivity contribution in [2.24, 2.45) is 0 Å². The van der Waals surface area contributed by atoms with Gasteiger partial charge in [0.1, 0.15) is 6.61 Å². The van der Waals surface area contributed by atoms with Gasteiger partial charge in [-0.25, -0.2) is 4.79 Å². The summed E-state index contributed by atoms with van der Waals surface area (Å²) < 4.78 is 11.9. The van der Waals surface area contributed by atoms with Crippen LogP contribution in [0.1, 0.15) is 16.7 Å². The zero-order chi connectivity index (χ0) is 16.8. The highest BCUT2D eigenvalue weighted by Crippen LogP contribution is 2.37. The highest BCUT2D eigenvalue weighted by Gasteiger charge is 2.11. The maximum absolute atomic E-state index is 10.6. The van der Waals surface area contributed by atoms with Gasteiger partial charge in [-0.05, 0) is 52.2 Å². The summed E-state index contributed by atoms with van der Waals surface area (Å²) in [7, 11) is 1.55. The van der Waals surface area contributed by atoms with E-state index >= 15 is 0 Å². The van der Waals surface area contributed by atoms with Gasteiger partial charge in [0.25, 0.3) is 0 Å². The zero-order valence-corrected chi connectivity index (χ0v) is 14.5. The summed E-state index contributed by atoms with van der Waals surface area (Å²) in [4.78, 5) is 10.6. The monoisotopic (exact) mass is 376 g/mol. The molecular weight excluding hydrogens is 360 g/mol. The summed E-state index contributed by atoms with van der Waals surface area (Å²) in [5, 5.41) is 8.70. The Hall–Kier alpha value is -2.27. The maximum Gasteiger partial charge on any atom is 0.328 e. The van der Waals surface area contributed by atoms with Crippen molar-refractivity contribution in [2.45, 2.75) is 13.5 Å². The Morgan fingerprint density at radius 1 is 1.26 bits per heavy atom. The molecular formula is C18H17BrO4. The van der Waals surface area contributed by atoms with Crippen LogP contribution in [0.3, 0.4) is 0 Å². The second-order valence-electron chi connectivity index (χ2n) is 4.98. The average Bonchev–Trinajstić information content (AvgIpc) is 2.53. The van der Waals surface area contributed by atoms with E-state index in [0.29, 0.717) is 28.1 Å². The molecule has 0 aliphatic carbocycles. The molecule has 0 bridgehead atoms. The first-order chi connectivity index (χ1) is 11.0. The molecule has 0 aliphatic heterocycles. The van der Waals surface area contributed by atoms with Gasteiger partial charge >= 0.3 is 5.97 Å². The van der Waals surface area contributed by atoms with Crippen LogP contribution in [0.4, 0.5) is 0 Å². The smallest absolute Gasteiger partial charge is 0.328 e. The van der Waals surface area contributed by atoms with E-state index in [0.717, 1.165) is 11.6 Å². The van der Waals surface area contributed by atoms with Gasteiger partial charge in [0.15, 0.2) is 11.5 Å². The van der Waals surface area contributed by atoms with Crippen molar-refractivity contribution in [1.29, 1.82) is 0 Å². The van der Waals surface area contributed by atoms with Gasteiger partial charge in [0.2, 0.25) is 0 Å². The van der Waals surface area contributed by atoms with Crippen molar-refractivity contribution in [3.63, 3.8) is 0 Å². The number of benzene rings is 2. The highest BCUT2D eigenvalue weighted by atomic mass is 79.9. The van der Waals surface area contributed by atoms with Gasteiger partial charge in [0.05, 0.1) is 11.6 Å². The number of carboxylic acids is 1. The largest absolute Gasteiger partial charge is 0.493 e. The molecule has 1 N–H and O–H groups in total. The third-order valence-corrected chi connectivity index (χ3v) is 3.76. The molecule has 0 aromatic heterocycles. The molecule has 0 saturated carbocycles. The molecule has 2 rings (SSSR count). The highest BCUT2D eigenvalue weighted by molar-refractivity contribution is 9.10. The van der Waals surface area contributed by atoms with Crippen LogP contribution in [-0.2, 0) is 11.4 Å². The number of hydrogen-bond acceptors (Lipinski definition) is 3. The first-order valence-corrected chi connectivity index (χ1v) is 7.76. The van der Waals surface area contributed by atoms with Gasteiger partial charge in [-0.1, -0.05) is 29.8 Å². The molecule has 2 aromatic carbocycles. The van der Waals surface area contributed by atoms with Crippen molar-refractivity contribution < 1.29 is 19.4 Å². The fraction of sp³-hybridized carbons (Fsp3) is 0.167. The number of ether oxygens (including phenoxy) is 2. The lowest BCUT2D eigenvalue weighted by Gasteiger charge is -2.13. The van der Waals surface area contributed by atoms with Gasteiger partial charge in [-0.2, -0.15) is 0 Å². The topological polar surface area (TPSA) is 55.8 Å². The van der Waals surface area contributed by atoms with Crippen LogP contribution in [0.2, 0.25) is 0 Å². The summed E-state index contributed by atoms with van der Waals surface area (Å²) in [5.74, 6) is 0.122. The second kappa shape index (κ2) is 7.83. The van der Waals surface area contributed by atoms with Crippen LogP contribution in [0.5, 0.6) is 11.5 Å².